The molecule has 0 aromatic heterocycles. The van der Waals surface area contributed by atoms with Crippen molar-refractivity contribution < 1.29 is 9.59 Å². The lowest BCUT2D eigenvalue weighted by molar-refractivity contribution is -0.115. The van der Waals surface area contributed by atoms with E-state index in [1.807, 2.05) is 11.8 Å². The normalized spacial score (nSPS) is 19.1. The average Bonchev–Trinajstić information content (AvgIpc) is 2.09. The molecule has 1 rings (SSSR count). The molecule has 1 heterocycles. The molecule has 6 heteroatoms. The zero-order valence-corrected chi connectivity index (χ0v) is 8.33. The summed E-state index contributed by atoms with van der Waals surface area (Å²) in [7, 11) is 0. The monoisotopic (exact) mass is 198 g/mol. The van der Waals surface area contributed by atoms with Crippen LogP contribution in [0.25, 0.3) is 0 Å². The van der Waals surface area contributed by atoms with Gasteiger partial charge in [0.15, 0.2) is 0 Å². The summed E-state index contributed by atoms with van der Waals surface area (Å²) in [6.07, 6.45) is 0.925. The van der Waals surface area contributed by atoms with Crippen LogP contribution in [0.3, 0.4) is 0 Å². The molecule has 1 aliphatic rings. The van der Waals surface area contributed by atoms with E-state index in [4.69, 9.17) is 0 Å². The number of hydrogen-bond donors (Lipinski definition) is 2. The largest absolute Gasteiger partial charge is 0.325 e. The van der Waals surface area contributed by atoms with Gasteiger partial charge in [0, 0.05) is 13.5 Å². The molecule has 1 fully saturated rings. The van der Waals surface area contributed by atoms with Gasteiger partial charge in [-0.3, -0.25) is 10.1 Å². The van der Waals surface area contributed by atoms with Crippen LogP contribution in [-0.4, -0.2) is 36.0 Å². The van der Waals surface area contributed by atoms with Gasteiger partial charge in [-0.05, 0) is 6.42 Å². The highest BCUT2D eigenvalue weighted by Gasteiger charge is 2.19. The molecule has 0 atom stereocenters. The molecule has 0 aromatic rings. The second kappa shape index (κ2) is 4.59. The molecule has 2 N–H and O–H groups in total. The van der Waals surface area contributed by atoms with Gasteiger partial charge in [0.2, 0.25) is 11.9 Å². The van der Waals surface area contributed by atoms with Gasteiger partial charge in [0.25, 0.3) is 0 Å². The van der Waals surface area contributed by atoms with E-state index < -0.39 is 0 Å². The standard InChI is InChI=1S/C8H14N4O2/c1-3-4-12-5-9-8(14)11-7(12)10-6(2)13/h3-5H2,1-2H3,(H2,9,10,11,13,14). The van der Waals surface area contributed by atoms with Crippen LogP contribution >= 0.6 is 0 Å². The zero-order valence-electron chi connectivity index (χ0n) is 8.33. The Balaban J connectivity index is 2.73. The number of aliphatic imine (C=N–C) groups is 1. The first-order valence-corrected chi connectivity index (χ1v) is 4.52. The molecule has 1 saturated heterocycles. The maximum atomic E-state index is 11.0. The van der Waals surface area contributed by atoms with Crippen molar-refractivity contribution in [1.82, 2.24) is 15.5 Å². The molecule has 78 valence electrons. The lowest BCUT2D eigenvalue weighted by Gasteiger charge is -2.30. The van der Waals surface area contributed by atoms with Crippen LogP contribution in [0, 0.1) is 0 Å². The van der Waals surface area contributed by atoms with Gasteiger partial charge in [-0.1, -0.05) is 6.92 Å². The molecule has 0 spiro atoms. The van der Waals surface area contributed by atoms with Crippen molar-refractivity contribution in [3.05, 3.63) is 0 Å². The molecule has 0 bridgehead atoms. The number of nitrogens with one attached hydrogen (secondary N) is 2. The van der Waals surface area contributed by atoms with Gasteiger partial charge in [0.05, 0.1) is 6.67 Å². The highest BCUT2D eigenvalue weighted by atomic mass is 16.2. The first-order valence-electron chi connectivity index (χ1n) is 4.52. The molecule has 0 aromatic carbocycles. The van der Waals surface area contributed by atoms with Crippen molar-refractivity contribution in [3.63, 3.8) is 0 Å². The Morgan fingerprint density at radius 1 is 1.64 bits per heavy atom. The number of carbonyl (C=O) groups excluding carboxylic acids is 2. The van der Waals surface area contributed by atoms with Gasteiger partial charge >= 0.3 is 6.03 Å². The lowest BCUT2D eigenvalue weighted by Crippen LogP contribution is -2.58. The molecule has 3 amide bonds. The van der Waals surface area contributed by atoms with Gasteiger partial charge in [-0.2, -0.15) is 4.99 Å². The van der Waals surface area contributed by atoms with Crippen LogP contribution in [0.5, 0.6) is 0 Å². The number of amides is 3. The summed E-state index contributed by atoms with van der Waals surface area (Å²) in [5, 5.41) is 5.09. The Kier molecular flexibility index (Phi) is 3.44. The van der Waals surface area contributed by atoms with Crippen LogP contribution in [-0.2, 0) is 4.79 Å². The number of hydrogen-bond acceptors (Lipinski definition) is 2. The van der Waals surface area contributed by atoms with Gasteiger partial charge in [-0.25, -0.2) is 4.79 Å². The van der Waals surface area contributed by atoms with Crippen molar-refractivity contribution >= 4 is 17.9 Å². The van der Waals surface area contributed by atoms with E-state index in [0.717, 1.165) is 13.0 Å². The maximum Gasteiger partial charge on any atom is 0.322 e. The second-order valence-corrected chi connectivity index (χ2v) is 3.01. The van der Waals surface area contributed by atoms with E-state index in [1.54, 1.807) is 0 Å². The summed E-state index contributed by atoms with van der Waals surface area (Å²) in [6.45, 7) is 4.51. The summed E-state index contributed by atoms with van der Waals surface area (Å²) in [6, 6.07) is -0.322. The summed E-state index contributed by atoms with van der Waals surface area (Å²) >= 11 is 0. The van der Waals surface area contributed by atoms with Crippen molar-refractivity contribution in [1.29, 1.82) is 0 Å². The lowest BCUT2D eigenvalue weighted by atomic mass is 10.4. The minimum absolute atomic E-state index is 0.316. The number of urea groups is 1. The summed E-state index contributed by atoms with van der Waals surface area (Å²) in [5.41, 5.74) is 0. The number of carbonyl (C=O) groups is 2. The Bertz CT molecular complexity index is 275. The fourth-order valence-corrected chi connectivity index (χ4v) is 1.17. The highest BCUT2D eigenvalue weighted by Crippen LogP contribution is 1.96. The third-order valence-electron chi connectivity index (χ3n) is 1.71. The van der Waals surface area contributed by atoms with Gasteiger partial charge in [-0.15, -0.1) is 0 Å². The first kappa shape index (κ1) is 10.5. The van der Waals surface area contributed by atoms with Crippen LogP contribution < -0.4 is 10.6 Å². The summed E-state index contributed by atoms with van der Waals surface area (Å²) < 4.78 is 0. The van der Waals surface area contributed by atoms with Gasteiger partial charge < -0.3 is 10.2 Å². The Morgan fingerprint density at radius 2 is 2.36 bits per heavy atom. The van der Waals surface area contributed by atoms with Crippen LogP contribution in [0.15, 0.2) is 4.99 Å². The molecule has 14 heavy (non-hydrogen) atoms. The van der Waals surface area contributed by atoms with Crippen molar-refractivity contribution in [2.75, 3.05) is 13.2 Å². The topological polar surface area (TPSA) is 73.8 Å². The maximum absolute atomic E-state index is 11.0. The summed E-state index contributed by atoms with van der Waals surface area (Å²) in [4.78, 5) is 27.3. The molecule has 1 aliphatic heterocycles. The average molecular weight is 198 g/mol. The SMILES string of the molecule is CCCN1CNC(=O)NC1=NC(C)=O. The third-order valence-corrected chi connectivity index (χ3v) is 1.71. The highest BCUT2D eigenvalue weighted by molar-refractivity contribution is 6.02. The van der Waals surface area contributed by atoms with E-state index in [9.17, 15) is 9.59 Å². The van der Waals surface area contributed by atoms with Crippen LogP contribution in [0.1, 0.15) is 20.3 Å². The molecule has 0 unspecified atom stereocenters. The molecular formula is C8H14N4O2. The van der Waals surface area contributed by atoms with Crippen LogP contribution in [0.2, 0.25) is 0 Å². The minimum atomic E-state index is -0.322. The third kappa shape index (κ3) is 2.72. The van der Waals surface area contributed by atoms with Crippen molar-refractivity contribution in [2.24, 2.45) is 4.99 Å². The minimum Gasteiger partial charge on any atom is -0.325 e. The predicted octanol–water partition coefficient (Wildman–Crippen LogP) is -0.129. The van der Waals surface area contributed by atoms with Crippen molar-refractivity contribution in [2.45, 2.75) is 20.3 Å². The Morgan fingerprint density at radius 3 is 2.93 bits per heavy atom. The van der Waals surface area contributed by atoms with E-state index in [1.165, 1.54) is 6.92 Å². The number of guanidine groups is 1. The van der Waals surface area contributed by atoms with E-state index in [2.05, 4.69) is 15.6 Å². The van der Waals surface area contributed by atoms with E-state index in [0.29, 0.717) is 12.6 Å². The molecule has 0 radical (unpaired) electrons. The zero-order chi connectivity index (χ0) is 10.6. The Labute approximate surface area is 82.4 Å². The van der Waals surface area contributed by atoms with Gasteiger partial charge in [0.1, 0.15) is 0 Å². The fourth-order valence-electron chi connectivity index (χ4n) is 1.17. The number of nitrogens with zero attached hydrogens (tertiary/aromatic N) is 2. The smallest absolute Gasteiger partial charge is 0.322 e. The predicted molar refractivity (Wildman–Crippen MR) is 51.6 cm³/mol. The first-order chi connectivity index (χ1) is 6.63. The Hall–Kier alpha value is -1.59. The number of rotatable bonds is 2. The fraction of sp³-hybridized carbons (Fsp3) is 0.625. The van der Waals surface area contributed by atoms with E-state index >= 15 is 0 Å². The second-order valence-electron chi connectivity index (χ2n) is 3.01. The van der Waals surface area contributed by atoms with Crippen molar-refractivity contribution in [3.8, 4) is 0 Å². The molecule has 0 aliphatic carbocycles. The van der Waals surface area contributed by atoms with Crippen LogP contribution in [0.4, 0.5) is 4.79 Å². The van der Waals surface area contributed by atoms with E-state index in [-0.39, 0.29) is 11.9 Å². The summed E-state index contributed by atoms with van der Waals surface area (Å²) in [5.74, 6) is 0.0198. The molecule has 6 nitrogen and oxygen atoms in total. The molecule has 0 saturated carbocycles. The molecular weight excluding hydrogens is 184 g/mol. The quantitative estimate of drug-likeness (QED) is 0.649.